The van der Waals surface area contributed by atoms with Crippen molar-refractivity contribution in [2.45, 2.75) is 13.0 Å². The minimum atomic E-state index is -0.732. The second-order valence-corrected chi connectivity index (χ2v) is 6.56. The second-order valence-electron chi connectivity index (χ2n) is 6.16. The first-order chi connectivity index (χ1) is 14.0. The highest BCUT2D eigenvalue weighted by molar-refractivity contribution is 6.32. The topological polar surface area (TPSA) is 103 Å². The van der Waals surface area contributed by atoms with Crippen molar-refractivity contribution >= 4 is 29.5 Å². The van der Waals surface area contributed by atoms with Gasteiger partial charge in [0.25, 0.3) is 5.91 Å². The van der Waals surface area contributed by atoms with Crippen LogP contribution in [0.4, 0.5) is 4.79 Å². The molecule has 0 fully saturated rings. The Morgan fingerprint density at radius 3 is 2.59 bits per heavy atom. The predicted octanol–water partition coefficient (Wildman–Crippen LogP) is 2.22. The highest BCUT2D eigenvalue weighted by Gasteiger charge is 2.18. The van der Waals surface area contributed by atoms with Gasteiger partial charge in [-0.05, 0) is 23.3 Å². The molecular weight excluding hydrogens is 400 g/mol. The summed E-state index contributed by atoms with van der Waals surface area (Å²) >= 11 is 6.12. The monoisotopic (exact) mass is 418 g/mol. The molecule has 0 saturated carbocycles. The maximum atomic E-state index is 12.0. The third-order valence-corrected chi connectivity index (χ3v) is 4.20. The van der Waals surface area contributed by atoms with E-state index in [-0.39, 0.29) is 13.0 Å². The summed E-state index contributed by atoms with van der Waals surface area (Å²) in [5.41, 5.74) is 1.45. The number of imide groups is 1. The van der Waals surface area contributed by atoms with Gasteiger partial charge < -0.3 is 19.5 Å². The smallest absolute Gasteiger partial charge is 0.321 e. The summed E-state index contributed by atoms with van der Waals surface area (Å²) in [6.07, 6.45) is -0.107. The van der Waals surface area contributed by atoms with E-state index in [9.17, 15) is 14.4 Å². The average molecular weight is 419 g/mol. The molecule has 0 spiro atoms. The lowest BCUT2D eigenvalue weighted by molar-refractivity contribution is -0.147. The highest BCUT2D eigenvalue weighted by atomic mass is 35.5. The van der Waals surface area contributed by atoms with Crippen molar-refractivity contribution in [2.75, 3.05) is 19.8 Å². The lowest BCUT2D eigenvalue weighted by Gasteiger charge is -2.20. The molecule has 0 saturated heterocycles. The summed E-state index contributed by atoms with van der Waals surface area (Å²) in [5, 5.41) is 4.97. The summed E-state index contributed by atoms with van der Waals surface area (Å²) in [5.74, 6) is -0.475. The van der Waals surface area contributed by atoms with Gasteiger partial charge in [0.2, 0.25) is 0 Å². The SMILES string of the molecule is O=C(COC(=O)Cc1cc(Cl)c2c(c1)OCCO2)NC(=O)NCc1ccccc1. The molecule has 3 amide bonds. The highest BCUT2D eigenvalue weighted by Crippen LogP contribution is 2.38. The molecule has 0 atom stereocenters. The third kappa shape index (κ3) is 6.11. The standard InChI is InChI=1S/C20H19ClN2O6/c21-15-8-14(9-16-19(15)28-7-6-27-16)10-18(25)29-12-17(24)23-20(26)22-11-13-4-2-1-3-5-13/h1-5,8-9H,6-7,10-12H2,(H2,22,23,24,26). The van der Waals surface area contributed by atoms with Crippen LogP contribution in [-0.4, -0.2) is 37.7 Å². The number of hydrogen-bond acceptors (Lipinski definition) is 6. The van der Waals surface area contributed by atoms with Crippen LogP contribution >= 0.6 is 11.6 Å². The first-order valence-electron chi connectivity index (χ1n) is 8.86. The number of amides is 3. The van der Waals surface area contributed by atoms with Crippen LogP contribution in [0.15, 0.2) is 42.5 Å². The van der Waals surface area contributed by atoms with Crippen LogP contribution in [0.2, 0.25) is 5.02 Å². The van der Waals surface area contributed by atoms with Gasteiger partial charge in [-0.1, -0.05) is 41.9 Å². The fourth-order valence-corrected chi connectivity index (χ4v) is 2.90. The summed E-state index contributed by atoms with van der Waals surface area (Å²) < 4.78 is 15.8. The number of halogens is 1. The molecule has 0 aliphatic carbocycles. The molecule has 9 heteroatoms. The molecule has 0 unspecified atom stereocenters. The Hall–Kier alpha value is -3.26. The molecule has 2 N–H and O–H groups in total. The number of fused-ring (bicyclic) bond motifs is 1. The largest absolute Gasteiger partial charge is 0.486 e. The Morgan fingerprint density at radius 2 is 1.79 bits per heavy atom. The van der Waals surface area contributed by atoms with Crippen molar-refractivity contribution in [3.8, 4) is 11.5 Å². The molecule has 1 aliphatic rings. The van der Waals surface area contributed by atoms with Gasteiger partial charge in [-0.2, -0.15) is 0 Å². The van der Waals surface area contributed by atoms with Crippen LogP contribution in [-0.2, 0) is 27.3 Å². The van der Waals surface area contributed by atoms with E-state index in [4.69, 9.17) is 25.8 Å². The predicted molar refractivity (Wildman–Crippen MR) is 104 cm³/mol. The fourth-order valence-electron chi connectivity index (χ4n) is 2.62. The van der Waals surface area contributed by atoms with Crippen molar-refractivity contribution in [1.29, 1.82) is 0 Å². The Kier molecular flexibility index (Phi) is 6.91. The molecule has 2 aromatic rings. The zero-order chi connectivity index (χ0) is 20.6. The van der Waals surface area contributed by atoms with Gasteiger partial charge in [-0.15, -0.1) is 0 Å². The zero-order valence-corrected chi connectivity index (χ0v) is 16.2. The van der Waals surface area contributed by atoms with Crippen LogP contribution in [0.3, 0.4) is 0 Å². The Morgan fingerprint density at radius 1 is 1.03 bits per heavy atom. The Labute approximate surface area is 172 Å². The number of ether oxygens (including phenoxy) is 3. The molecule has 1 aliphatic heterocycles. The molecule has 8 nitrogen and oxygen atoms in total. The number of nitrogens with one attached hydrogen (secondary N) is 2. The van der Waals surface area contributed by atoms with Crippen molar-refractivity contribution < 1.29 is 28.6 Å². The summed E-state index contributed by atoms with van der Waals surface area (Å²) in [7, 11) is 0. The maximum absolute atomic E-state index is 12.0. The van der Waals surface area contributed by atoms with E-state index in [2.05, 4.69) is 10.6 Å². The normalized spacial score (nSPS) is 12.0. The van der Waals surface area contributed by atoms with Crippen LogP contribution in [0.5, 0.6) is 11.5 Å². The quantitative estimate of drug-likeness (QED) is 0.697. The van der Waals surface area contributed by atoms with Gasteiger partial charge in [0.1, 0.15) is 13.2 Å². The van der Waals surface area contributed by atoms with Gasteiger partial charge in [-0.25, -0.2) is 4.79 Å². The number of rotatable bonds is 6. The number of urea groups is 1. The van der Waals surface area contributed by atoms with E-state index < -0.39 is 24.5 Å². The van der Waals surface area contributed by atoms with Gasteiger partial charge in [0.15, 0.2) is 18.1 Å². The first-order valence-corrected chi connectivity index (χ1v) is 9.24. The second kappa shape index (κ2) is 9.79. The van der Waals surface area contributed by atoms with E-state index in [1.54, 1.807) is 12.1 Å². The molecule has 2 aromatic carbocycles. The number of carbonyl (C=O) groups excluding carboxylic acids is 3. The summed E-state index contributed by atoms with van der Waals surface area (Å²) in [4.78, 5) is 35.4. The number of hydrogen-bond donors (Lipinski definition) is 2. The van der Waals surface area contributed by atoms with E-state index in [0.717, 1.165) is 5.56 Å². The van der Waals surface area contributed by atoms with E-state index in [0.29, 0.717) is 35.3 Å². The average Bonchev–Trinajstić information content (AvgIpc) is 2.71. The van der Waals surface area contributed by atoms with Gasteiger partial charge in [0, 0.05) is 6.54 Å². The molecule has 3 rings (SSSR count). The van der Waals surface area contributed by atoms with Gasteiger partial charge in [-0.3, -0.25) is 14.9 Å². The molecule has 0 aromatic heterocycles. The molecular formula is C20H19ClN2O6. The molecule has 29 heavy (non-hydrogen) atoms. The van der Waals surface area contributed by atoms with Crippen LogP contribution in [0, 0.1) is 0 Å². The number of carbonyl (C=O) groups is 3. The fraction of sp³-hybridized carbons (Fsp3) is 0.250. The van der Waals surface area contributed by atoms with Crippen LogP contribution < -0.4 is 20.1 Å². The summed E-state index contributed by atoms with van der Waals surface area (Å²) in [6.45, 7) is 0.492. The van der Waals surface area contributed by atoms with Crippen molar-refractivity contribution in [1.82, 2.24) is 10.6 Å². The molecule has 152 valence electrons. The number of esters is 1. The van der Waals surface area contributed by atoms with Crippen LogP contribution in [0.25, 0.3) is 0 Å². The molecule has 1 heterocycles. The first kappa shape index (κ1) is 20.5. The summed E-state index contributed by atoms with van der Waals surface area (Å²) in [6, 6.07) is 11.8. The lowest BCUT2D eigenvalue weighted by atomic mass is 10.1. The third-order valence-electron chi connectivity index (χ3n) is 3.92. The lowest BCUT2D eigenvalue weighted by Crippen LogP contribution is -2.41. The Bertz CT molecular complexity index is 903. The van der Waals surface area contributed by atoms with E-state index in [1.165, 1.54) is 0 Å². The van der Waals surface area contributed by atoms with E-state index >= 15 is 0 Å². The van der Waals surface area contributed by atoms with Gasteiger partial charge in [0.05, 0.1) is 11.4 Å². The maximum Gasteiger partial charge on any atom is 0.321 e. The van der Waals surface area contributed by atoms with Crippen molar-refractivity contribution in [3.05, 3.63) is 58.6 Å². The van der Waals surface area contributed by atoms with E-state index in [1.807, 2.05) is 30.3 Å². The van der Waals surface area contributed by atoms with Crippen molar-refractivity contribution in [2.24, 2.45) is 0 Å². The van der Waals surface area contributed by atoms with Crippen molar-refractivity contribution in [3.63, 3.8) is 0 Å². The minimum absolute atomic E-state index is 0.107. The Balaban J connectivity index is 1.41. The number of benzene rings is 2. The minimum Gasteiger partial charge on any atom is -0.486 e. The van der Waals surface area contributed by atoms with Crippen LogP contribution in [0.1, 0.15) is 11.1 Å². The zero-order valence-electron chi connectivity index (χ0n) is 15.4. The molecule has 0 radical (unpaired) electrons. The molecule has 0 bridgehead atoms. The van der Waals surface area contributed by atoms with Gasteiger partial charge >= 0.3 is 12.0 Å².